The zero-order valence-electron chi connectivity index (χ0n) is 6.57. The maximum atomic E-state index is 12.8. The second-order valence-corrected chi connectivity index (χ2v) is 3.91. The highest BCUT2D eigenvalue weighted by Crippen LogP contribution is 2.05. The quantitative estimate of drug-likeness (QED) is 0.696. The summed E-state index contributed by atoms with van der Waals surface area (Å²) in [6, 6.07) is 2.52. The molecule has 0 aromatic carbocycles. The van der Waals surface area contributed by atoms with E-state index in [0.29, 0.717) is 0 Å². The monoisotopic (exact) mass is 207 g/mol. The van der Waals surface area contributed by atoms with Crippen molar-refractivity contribution in [2.45, 2.75) is 6.42 Å². The van der Waals surface area contributed by atoms with Crippen molar-refractivity contribution in [3.8, 4) is 0 Å². The SMILES string of the molecule is O=S(=O)(F)CCc1ncccc1F. The van der Waals surface area contributed by atoms with Crippen LogP contribution in [0.5, 0.6) is 0 Å². The first-order chi connectivity index (χ1) is 5.99. The highest BCUT2D eigenvalue weighted by atomic mass is 32.3. The van der Waals surface area contributed by atoms with E-state index in [0.717, 1.165) is 6.07 Å². The molecule has 1 aromatic rings. The van der Waals surface area contributed by atoms with E-state index in [4.69, 9.17) is 0 Å². The molecule has 3 nitrogen and oxygen atoms in total. The topological polar surface area (TPSA) is 47.0 Å². The van der Waals surface area contributed by atoms with Crippen LogP contribution in [-0.2, 0) is 16.6 Å². The summed E-state index contributed by atoms with van der Waals surface area (Å²) in [6.07, 6.45) is 1.08. The van der Waals surface area contributed by atoms with E-state index >= 15 is 0 Å². The van der Waals surface area contributed by atoms with Gasteiger partial charge in [0.15, 0.2) is 0 Å². The fourth-order valence-electron chi connectivity index (χ4n) is 0.821. The Labute approximate surface area is 74.6 Å². The molecule has 0 radical (unpaired) electrons. The maximum absolute atomic E-state index is 12.8. The fraction of sp³-hybridized carbons (Fsp3) is 0.286. The van der Waals surface area contributed by atoms with Crippen LogP contribution in [0.3, 0.4) is 0 Å². The van der Waals surface area contributed by atoms with Gasteiger partial charge in [0.2, 0.25) is 0 Å². The number of rotatable bonds is 3. The second kappa shape index (κ2) is 3.78. The Morgan fingerprint density at radius 3 is 2.69 bits per heavy atom. The molecule has 0 amide bonds. The lowest BCUT2D eigenvalue weighted by Crippen LogP contribution is -2.05. The van der Waals surface area contributed by atoms with Gasteiger partial charge in [-0.1, -0.05) is 0 Å². The van der Waals surface area contributed by atoms with Crippen LogP contribution in [0.1, 0.15) is 5.69 Å². The number of aryl methyl sites for hydroxylation is 1. The van der Waals surface area contributed by atoms with Gasteiger partial charge in [0.1, 0.15) is 5.82 Å². The highest BCUT2D eigenvalue weighted by molar-refractivity contribution is 7.86. The molecule has 0 bridgehead atoms. The predicted octanol–water partition coefficient (Wildman–Crippen LogP) is 1.06. The number of pyridine rings is 1. The van der Waals surface area contributed by atoms with Crippen molar-refractivity contribution >= 4 is 10.2 Å². The zero-order chi connectivity index (χ0) is 9.90. The van der Waals surface area contributed by atoms with E-state index in [9.17, 15) is 16.7 Å². The molecule has 0 atom stereocenters. The minimum atomic E-state index is -4.55. The molecule has 0 unspecified atom stereocenters. The minimum absolute atomic E-state index is 0.0382. The Morgan fingerprint density at radius 1 is 1.46 bits per heavy atom. The molecule has 1 rings (SSSR count). The zero-order valence-corrected chi connectivity index (χ0v) is 7.39. The van der Waals surface area contributed by atoms with E-state index in [1.54, 1.807) is 0 Å². The molecule has 72 valence electrons. The summed E-state index contributed by atoms with van der Waals surface area (Å²) in [5.41, 5.74) is -0.0382. The van der Waals surface area contributed by atoms with Gasteiger partial charge in [-0.25, -0.2) is 4.39 Å². The molecule has 13 heavy (non-hydrogen) atoms. The third-order valence-electron chi connectivity index (χ3n) is 1.42. The smallest absolute Gasteiger partial charge is 0.258 e. The summed E-state index contributed by atoms with van der Waals surface area (Å²) in [6.45, 7) is 0. The van der Waals surface area contributed by atoms with Crippen LogP contribution >= 0.6 is 0 Å². The van der Waals surface area contributed by atoms with Crippen LogP contribution in [0, 0.1) is 5.82 Å². The van der Waals surface area contributed by atoms with Crippen LogP contribution in [0.2, 0.25) is 0 Å². The van der Waals surface area contributed by atoms with E-state index in [-0.39, 0.29) is 12.1 Å². The van der Waals surface area contributed by atoms with Crippen molar-refractivity contribution in [1.29, 1.82) is 0 Å². The van der Waals surface area contributed by atoms with Gasteiger partial charge in [-0.2, -0.15) is 8.42 Å². The van der Waals surface area contributed by atoms with E-state index in [2.05, 4.69) is 4.98 Å². The lowest BCUT2D eigenvalue weighted by Gasteiger charge is -1.98. The summed E-state index contributed by atoms with van der Waals surface area (Å²) in [4.78, 5) is 3.58. The maximum Gasteiger partial charge on any atom is 0.302 e. The van der Waals surface area contributed by atoms with Crippen molar-refractivity contribution in [1.82, 2.24) is 4.98 Å². The third-order valence-corrected chi connectivity index (χ3v) is 2.11. The van der Waals surface area contributed by atoms with Crippen molar-refractivity contribution < 1.29 is 16.7 Å². The summed E-state index contributed by atoms with van der Waals surface area (Å²) < 4.78 is 45.0. The van der Waals surface area contributed by atoms with Gasteiger partial charge in [0.05, 0.1) is 11.4 Å². The molecule has 0 aliphatic heterocycles. The minimum Gasteiger partial charge on any atom is -0.258 e. The largest absolute Gasteiger partial charge is 0.302 e. The van der Waals surface area contributed by atoms with Crippen LogP contribution in [0.25, 0.3) is 0 Å². The van der Waals surface area contributed by atoms with Crippen LogP contribution in [0.15, 0.2) is 18.3 Å². The lowest BCUT2D eigenvalue weighted by molar-refractivity contribution is 0.549. The summed E-state index contributed by atoms with van der Waals surface area (Å²) >= 11 is 0. The Kier molecular flexibility index (Phi) is 2.92. The average Bonchev–Trinajstić information content (AvgIpc) is 2.01. The van der Waals surface area contributed by atoms with Gasteiger partial charge in [-0.05, 0) is 12.1 Å². The van der Waals surface area contributed by atoms with Gasteiger partial charge in [-0.3, -0.25) is 4.98 Å². The number of hydrogen-bond acceptors (Lipinski definition) is 3. The number of hydrogen-bond donors (Lipinski definition) is 0. The first-order valence-electron chi connectivity index (χ1n) is 3.51. The molecule has 0 saturated heterocycles. The van der Waals surface area contributed by atoms with Crippen LogP contribution in [-0.4, -0.2) is 19.2 Å². The summed E-state index contributed by atoms with van der Waals surface area (Å²) in [7, 11) is -4.55. The molecule has 6 heteroatoms. The standard InChI is InChI=1S/C7H7F2NO2S/c8-6-2-1-4-10-7(6)3-5-13(9,11)12/h1-2,4H,3,5H2. The van der Waals surface area contributed by atoms with Crippen LogP contribution < -0.4 is 0 Å². The highest BCUT2D eigenvalue weighted by Gasteiger charge is 2.10. The normalized spacial score (nSPS) is 11.5. The first kappa shape index (κ1) is 10.0. The molecular weight excluding hydrogens is 200 g/mol. The molecule has 1 aromatic heterocycles. The van der Waals surface area contributed by atoms with E-state index in [1.165, 1.54) is 12.3 Å². The number of halogens is 2. The number of nitrogens with zero attached hydrogens (tertiary/aromatic N) is 1. The Morgan fingerprint density at radius 2 is 2.15 bits per heavy atom. The van der Waals surface area contributed by atoms with Crippen molar-refractivity contribution in [2.75, 3.05) is 5.75 Å². The number of aromatic nitrogens is 1. The molecule has 1 heterocycles. The van der Waals surface area contributed by atoms with Crippen molar-refractivity contribution in [3.63, 3.8) is 0 Å². The average molecular weight is 207 g/mol. The van der Waals surface area contributed by atoms with Gasteiger partial charge < -0.3 is 0 Å². The van der Waals surface area contributed by atoms with E-state index in [1.807, 2.05) is 0 Å². The molecule has 0 spiro atoms. The lowest BCUT2D eigenvalue weighted by atomic mass is 10.3. The molecule has 0 fully saturated rings. The molecule has 0 N–H and O–H groups in total. The molecule has 0 saturated carbocycles. The molecular formula is C7H7F2NO2S. The Balaban J connectivity index is 2.71. The van der Waals surface area contributed by atoms with Gasteiger partial charge in [0, 0.05) is 12.6 Å². The van der Waals surface area contributed by atoms with Gasteiger partial charge in [-0.15, -0.1) is 3.89 Å². The summed E-state index contributed by atoms with van der Waals surface area (Å²) in [5, 5.41) is 0. The van der Waals surface area contributed by atoms with Gasteiger partial charge in [0.25, 0.3) is 0 Å². The molecule has 0 aliphatic carbocycles. The predicted molar refractivity (Wildman–Crippen MR) is 42.8 cm³/mol. The van der Waals surface area contributed by atoms with E-state index < -0.39 is 21.8 Å². The fourth-order valence-corrected chi connectivity index (χ4v) is 1.26. The van der Waals surface area contributed by atoms with Crippen LogP contribution in [0.4, 0.5) is 8.28 Å². The molecule has 0 aliphatic rings. The summed E-state index contributed by atoms with van der Waals surface area (Å²) in [5.74, 6) is -1.35. The Bertz CT molecular complexity index is 391. The van der Waals surface area contributed by atoms with Crippen molar-refractivity contribution in [2.24, 2.45) is 0 Å². The van der Waals surface area contributed by atoms with Crippen molar-refractivity contribution in [3.05, 3.63) is 29.8 Å². The third kappa shape index (κ3) is 3.45. The first-order valence-corrected chi connectivity index (χ1v) is 5.06. The Hall–Kier alpha value is -1.04. The van der Waals surface area contributed by atoms with Gasteiger partial charge >= 0.3 is 10.2 Å². The second-order valence-electron chi connectivity index (χ2n) is 2.42.